The van der Waals surface area contributed by atoms with Gasteiger partial charge in [0.25, 0.3) is 0 Å². The molecule has 0 unspecified atom stereocenters. The predicted octanol–water partition coefficient (Wildman–Crippen LogP) is 5.00. The number of nitrogens with zero attached hydrogens (tertiary/aromatic N) is 3. The van der Waals surface area contributed by atoms with E-state index in [4.69, 9.17) is 0 Å². The fourth-order valence-electron chi connectivity index (χ4n) is 3.42. The van der Waals surface area contributed by atoms with Gasteiger partial charge in [0.15, 0.2) is 0 Å². The summed E-state index contributed by atoms with van der Waals surface area (Å²) in [5, 5.41) is 3.91. The van der Waals surface area contributed by atoms with Crippen molar-refractivity contribution in [3.8, 4) is 11.1 Å². The second kappa shape index (κ2) is 6.10. The smallest absolute Gasteiger partial charge is 0.355 e. The fraction of sp³-hybridized carbons (Fsp3) is 0.0476. The molecule has 5 nitrogen and oxygen atoms in total. The van der Waals surface area contributed by atoms with Crippen molar-refractivity contribution in [2.24, 2.45) is 0 Å². The van der Waals surface area contributed by atoms with E-state index in [0.29, 0.717) is 16.5 Å². The summed E-state index contributed by atoms with van der Waals surface area (Å²) < 4.78 is 38.8. The SMILES string of the molecule is O=C1c2cnc3cc(Nc4ccccc4)ccc3c2-c2cnc(C(F)(F)F)nc21. The maximum atomic E-state index is 12.9. The van der Waals surface area contributed by atoms with Crippen molar-refractivity contribution in [2.45, 2.75) is 6.18 Å². The van der Waals surface area contributed by atoms with Gasteiger partial charge in [-0.25, -0.2) is 9.97 Å². The van der Waals surface area contributed by atoms with E-state index < -0.39 is 17.8 Å². The lowest BCUT2D eigenvalue weighted by Gasteiger charge is -2.10. The molecule has 5 rings (SSSR count). The highest BCUT2D eigenvalue weighted by Gasteiger charge is 2.38. The molecule has 29 heavy (non-hydrogen) atoms. The van der Waals surface area contributed by atoms with Crippen molar-refractivity contribution in [3.05, 3.63) is 78.0 Å². The second-order valence-electron chi connectivity index (χ2n) is 6.55. The van der Waals surface area contributed by atoms with Crippen molar-refractivity contribution in [1.82, 2.24) is 15.0 Å². The van der Waals surface area contributed by atoms with E-state index in [1.165, 1.54) is 6.20 Å². The summed E-state index contributed by atoms with van der Waals surface area (Å²) in [6, 6.07) is 15.0. The van der Waals surface area contributed by atoms with Crippen LogP contribution in [0.1, 0.15) is 21.9 Å². The number of carbonyl (C=O) groups excluding carboxylic acids is 1. The van der Waals surface area contributed by atoms with Crippen LogP contribution in [0.2, 0.25) is 0 Å². The number of alkyl halides is 3. The predicted molar refractivity (Wildman–Crippen MR) is 101 cm³/mol. The molecule has 1 aliphatic carbocycles. The van der Waals surface area contributed by atoms with E-state index in [9.17, 15) is 18.0 Å². The third-order valence-electron chi connectivity index (χ3n) is 4.70. The number of aromatic nitrogens is 3. The Bertz CT molecular complexity index is 1290. The van der Waals surface area contributed by atoms with Gasteiger partial charge in [-0.2, -0.15) is 13.2 Å². The molecule has 8 heteroatoms. The summed E-state index contributed by atoms with van der Waals surface area (Å²) in [6.45, 7) is 0. The molecule has 4 aromatic rings. The topological polar surface area (TPSA) is 67.8 Å². The average molecular weight is 392 g/mol. The highest BCUT2D eigenvalue weighted by Crippen LogP contribution is 2.41. The van der Waals surface area contributed by atoms with Gasteiger partial charge >= 0.3 is 6.18 Å². The van der Waals surface area contributed by atoms with Crippen LogP contribution in [-0.4, -0.2) is 20.7 Å². The summed E-state index contributed by atoms with van der Waals surface area (Å²) in [6.07, 6.45) is -2.28. The molecule has 0 saturated heterocycles. The minimum absolute atomic E-state index is 0.227. The number of hydrogen-bond acceptors (Lipinski definition) is 5. The number of rotatable bonds is 2. The van der Waals surface area contributed by atoms with Gasteiger partial charge in [-0.1, -0.05) is 24.3 Å². The summed E-state index contributed by atoms with van der Waals surface area (Å²) in [4.78, 5) is 23.8. The van der Waals surface area contributed by atoms with E-state index in [1.54, 1.807) is 6.07 Å². The first-order valence-corrected chi connectivity index (χ1v) is 8.66. The standard InChI is InChI=1S/C21H11F3N4O/c22-21(23,24)20-26-9-14-17-13-7-6-12(27-11-4-2-1-3-5-11)8-16(13)25-10-15(17)19(29)18(14)28-20/h1-10,27H. The van der Waals surface area contributed by atoms with Crippen molar-refractivity contribution in [2.75, 3.05) is 5.32 Å². The molecule has 2 aromatic heterocycles. The van der Waals surface area contributed by atoms with Crippen molar-refractivity contribution < 1.29 is 18.0 Å². The minimum Gasteiger partial charge on any atom is -0.355 e. The monoisotopic (exact) mass is 392 g/mol. The first-order valence-electron chi connectivity index (χ1n) is 8.66. The molecule has 0 radical (unpaired) electrons. The van der Waals surface area contributed by atoms with Gasteiger partial charge in [0.2, 0.25) is 11.6 Å². The Morgan fingerprint density at radius 3 is 2.38 bits per heavy atom. The third-order valence-corrected chi connectivity index (χ3v) is 4.70. The number of nitrogens with one attached hydrogen (secondary N) is 1. The van der Waals surface area contributed by atoms with Crippen molar-refractivity contribution in [1.29, 1.82) is 0 Å². The Hall–Kier alpha value is -3.81. The molecular formula is C21H11F3N4O. The quantitative estimate of drug-likeness (QED) is 0.458. The van der Waals surface area contributed by atoms with Gasteiger partial charge in [-0.3, -0.25) is 9.78 Å². The number of benzene rings is 2. The molecule has 1 N–H and O–H groups in total. The summed E-state index contributed by atoms with van der Waals surface area (Å²) in [5.41, 5.74) is 3.08. The maximum absolute atomic E-state index is 12.9. The molecule has 0 atom stereocenters. The lowest BCUT2D eigenvalue weighted by molar-refractivity contribution is -0.145. The maximum Gasteiger partial charge on any atom is 0.451 e. The third kappa shape index (κ3) is 2.80. The fourth-order valence-corrected chi connectivity index (χ4v) is 3.42. The molecule has 2 aromatic carbocycles. The molecule has 0 amide bonds. The summed E-state index contributed by atoms with van der Waals surface area (Å²) in [5.74, 6) is -1.91. The molecule has 0 aliphatic heterocycles. The zero-order valence-corrected chi connectivity index (χ0v) is 14.7. The molecular weight excluding hydrogens is 381 g/mol. The van der Waals surface area contributed by atoms with Crippen LogP contribution in [0.25, 0.3) is 22.0 Å². The molecule has 0 bridgehead atoms. The Labute approximate surface area is 162 Å². The summed E-state index contributed by atoms with van der Waals surface area (Å²) in [7, 11) is 0. The van der Waals surface area contributed by atoms with E-state index in [2.05, 4.69) is 20.3 Å². The number of carbonyl (C=O) groups is 1. The van der Waals surface area contributed by atoms with E-state index in [1.807, 2.05) is 42.5 Å². The molecule has 0 saturated carbocycles. The number of hydrogen-bond donors (Lipinski definition) is 1. The minimum atomic E-state index is -4.72. The van der Waals surface area contributed by atoms with E-state index in [0.717, 1.165) is 17.6 Å². The largest absolute Gasteiger partial charge is 0.451 e. The van der Waals surface area contributed by atoms with Crippen LogP contribution in [0.5, 0.6) is 0 Å². The number of anilines is 2. The van der Waals surface area contributed by atoms with E-state index in [-0.39, 0.29) is 16.8 Å². The summed E-state index contributed by atoms with van der Waals surface area (Å²) >= 11 is 0. The van der Waals surface area contributed by atoms with Crippen LogP contribution in [-0.2, 0) is 6.18 Å². The Kier molecular flexibility index (Phi) is 3.64. The molecule has 0 spiro atoms. The van der Waals surface area contributed by atoms with Gasteiger partial charge in [0.05, 0.1) is 11.1 Å². The Balaban J connectivity index is 1.63. The zero-order valence-electron chi connectivity index (χ0n) is 14.7. The molecule has 142 valence electrons. The second-order valence-corrected chi connectivity index (χ2v) is 6.55. The van der Waals surface area contributed by atoms with Gasteiger partial charge in [0.1, 0.15) is 5.69 Å². The van der Waals surface area contributed by atoms with Gasteiger partial charge in [0, 0.05) is 40.3 Å². The number of halogens is 3. The normalized spacial score (nSPS) is 12.7. The zero-order chi connectivity index (χ0) is 20.2. The number of ketones is 1. The lowest BCUT2D eigenvalue weighted by atomic mass is 10.0. The first kappa shape index (κ1) is 17.3. The molecule has 2 heterocycles. The number of fused-ring (bicyclic) bond motifs is 5. The average Bonchev–Trinajstić information content (AvgIpc) is 3.00. The van der Waals surface area contributed by atoms with Crippen LogP contribution in [0.4, 0.5) is 24.5 Å². The van der Waals surface area contributed by atoms with Crippen LogP contribution in [0.3, 0.4) is 0 Å². The van der Waals surface area contributed by atoms with Crippen LogP contribution < -0.4 is 5.32 Å². The van der Waals surface area contributed by atoms with Gasteiger partial charge < -0.3 is 5.32 Å². The Morgan fingerprint density at radius 1 is 0.862 bits per heavy atom. The van der Waals surface area contributed by atoms with Gasteiger partial charge in [-0.15, -0.1) is 0 Å². The van der Waals surface area contributed by atoms with Crippen LogP contribution >= 0.6 is 0 Å². The highest BCUT2D eigenvalue weighted by molar-refractivity contribution is 6.24. The number of para-hydroxylation sites is 1. The first-order chi connectivity index (χ1) is 13.9. The van der Waals surface area contributed by atoms with E-state index >= 15 is 0 Å². The van der Waals surface area contributed by atoms with Crippen LogP contribution in [0, 0.1) is 0 Å². The van der Waals surface area contributed by atoms with Crippen molar-refractivity contribution >= 4 is 28.1 Å². The van der Waals surface area contributed by atoms with Gasteiger partial charge in [-0.05, 0) is 24.3 Å². The van der Waals surface area contributed by atoms with Crippen LogP contribution in [0.15, 0.2) is 60.9 Å². The lowest BCUT2D eigenvalue weighted by Crippen LogP contribution is -2.13. The number of pyridine rings is 1. The Morgan fingerprint density at radius 2 is 1.62 bits per heavy atom. The molecule has 0 fully saturated rings. The van der Waals surface area contributed by atoms with Crippen molar-refractivity contribution in [3.63, 3.8) is 0 Å². The highest BCUT2D eigenvalue weighted by atomic mass is 19.4. The molecule has 1 aliphatic rings.